The Balaban J connectivity index is 1.82. The second kappa shape index (κ2) is 8.88. The van der Waals surface area contributed by atoms with Gasteiger partial charge >= 0.3 is 0 Å². The van der Waals surface area contributed by atoms with Crippen LogP contribution < -0.4 is 10.1 Å². The fraction of sp³-hybridized carbons (Fsp3) is 0.600. The molecule has 5 nitrogen and oxygen atoms in total. The summed E-state index contributed by atoms with van der Waals surface area (Å²) < 4.78 is 5.41. The van der Waals surface area contributed by atoms with Crippen molar-refractivity contribution in [2.45, 2.75) is 46.0 Å². The Morgan fingerprint density at radius 3 is 2.52 bits per heavy atom. The Kier molecular flexibility index (Phi) is 6.85. The van der Waals surface area contributed by atoms with Gasteiger partial charge in [-0.3, -0.25) is 9.59 Å². The fourth-order valence-corrected chi connectivity index (χ4v) is 3.32. The van der Waals surface area contributed by atoms with Crippen molar-refractivity contribution >= 4 is 11.8 Å². The van der Waals surface area contributed by atoms with Crippen LogP contribution in [0.2, 0.25) is 0 Å². The molecule has 25 heavy (non-hydrogen) atoms. The van der Waals surface area contributed by atoms with E-state index in [1.54, 1.807) is 14.0 Å². The maximum absolute atomic E-state index is 12.3. The van der Waals surface area contributed by atoms with Gasteiger partial charge in [-0.2, -0.15) is 0 Å². The first kappa shape index (κ1) is 19.3. The van der Waals surface area contributed by atoms with Crippen molar-refractivity contribution in [3.05, 3.63) is 29.3 Å². The van der Waals surface area contributed by atoms with Gasteiger partial charge in [0.25, 0.3) is 0 Å². The van der Waals surface area contributed by atoms with Crippen molar-refractivity contribution in [3.63, 3.8) is 0 Å². The number of benzene rings is 1. The average Bonchev–Trinajstić information content (AvgIpc) is 2.61. The SMILES string of the molecule is COc1ccc(CCNC(=O)C2CCN(C(C)=O)CC2)cc1C(C)C. The Morgan fingerprint density at radius 1 is 1.28 bits per heavy atom. The van der Waals surface area contributed by atoms with E-state index in [-0.39, 0.29) is 17.7 Å². The molecule has 1 heterocycles. The molecular formula is C20H30N2O3. The third kappa shape index (κ3) is 5.21. The number of rotatable bonds is 6. The molecule has 2 rings (SSSR count). The molecule has 0 unspecified atom stereocenters. The minimum absolute atomic E-state index is 0.0256. The molecule has 5 heteroatoms. The summed E-state index contributed by atoms with van der Waals surface area (Å²) in [6.07, 6.45) is 2.32. The number of nitrogens with one attached hydrogen (secondary N) is 1. The first-order chi connectivity index (χ1) is 11.9. The Morgan fingerprint density at radius 2 is 1.96 bits per heavy atom. The molecule has 1 aromatic rings. The molecule has 0 bridgehead atoms. The lowest BCUT2D eigenvalue weighted by Crippen LogP contribution is -2.42. The number of hydrogen-bond acceptors (Lipinski definition) is 3. The van der Waals surface area contributed by atoms with E-state index in [1.165, 1.54) is 11.1 Å². The summed E-state index contributed by atoms with van der Waals surface area (Å²) in [5, 5.41) is 3.05. The van der Waals surface area contributed by atoms with Crippen LogP contribution in [0.3, 0.4) is 0 Å². The Bertz CT molecular complexity index is 605. The van der Waals surface area contributed by atoms with Crippen molar-refractivity contribution in [1.29, 1.82) is 0 Å². The van der Waals surface area contributed by atoms with Gasteiger partial charge in [0.15, 0.2) is 0 Å². The lowest BCUT2D eigenvalue weighted by molar-refractivity contribution is -0.133. The number of nitrogens with zero attached hydrogens (tertiary/aromatic N) is 1. The van der Waals surface area contributed by atoms with E-state index in [2.05, 4.69) is 31.3 Å². The number of amides is 2. The van der Waals surface area contributed by atoms with Crippen LogP contribution >= 0.6 is 0 Å². The molecule has 0 spiro atoms. The quantitative estimate of drug-likeness (QED) is 0.862. The van der Waals surface area contributed by atoms with Gasteiger partial charge < -0.3 is 15.0 Å². The highest BCUT2D eigenvalue weighted by molar-refractivity contribution is 5.79. The standard InChI is InChI=1S/C20H30N2O3/c1-14(2)18-13-16(5-6-19(18)25-4)7-10-21-20(24)17-8-11-22(12-9-17)15(3)23/h5-6,13-14,17H,7-12H2,1-4H3,(H,21,24). The number of likely N-dealkylation sites (tertiary alicyclic amines) is 1. The summed E-state index contributed by atoms with van der Waals surface area (Å²) in [6, 6.07) is 6.23. The van der Waals surface area contributed by atoms with Crippen LogP contribution in [-0.4, -0.2) is 43.5 Å². The molecule has 1 aliphatic rings. The molecule has 1 saturated heterocycles. The molecule has 138 valence electrons. The highest BCUT2D eigenvalue weighted by atomic mass is 16.5. The topological polar surface area (TPSA) is 58.6 Å². The molecule has 2 amide bonds. The predicted octanol–water partition coefficient (Wildman–Crippen LogP) is 2.74. The van der Waals surface area contributed by atoms with E-state index >= 15 is 0 Å². The second-order valence-electron chi connectivity index (χ2n) is 7.05. The highest BCUT2D eigenvalue weighted by Gasteiger charge is 2.25. The number of hydrogen-bond donors (Lipinski definition) is 1. The van der Waals surface area contributed by atoms with Gasteiger partial charge in [0.05, 0.1) is 7.11 Å². The van der Waals surface area contributed by atoms with Gasteiger partial charge in [-0.1, -0.05) is 26.0 Å². The van der Waals surface area contributed by atoms with E-state index in [0.29, 0.717) is 25.6 Å². The van der Waals surface area contributed by atoms with E-state index < -0.39 is 0 Å². The normalized spacial score (nSPS) is 15.3. The first-order valence-corrected chi connectivity index (χ1v) is 9.12. The van der Waals surface area contributed by atoms with Crippen molar-refractivity contribution < 1.29 is 14.3 Å². The average molecular weight is 346 g/mol. The van der Waals surface area contributed by atoms with Crippen LogP contribution in [-0.2, 0) is 16.0 Å². The number of carbonyl (C=O) groups is 2. The molecule has 1 fully saturated rings. The van der Waals surface area contributed by atoms with Crippen molar-refractivity contribution in [2.75, 3.05) is 26.7 Å². The third-order valence-corrected chi connectivity index (χ3v) is 4.94. The zero-order valence-electron chi connectivity index (χ0n) is 15.8. The number of ether oxygens (including phenoxy) is 1. The predicted molar refractivity (Wildman–Crippen MR) is 98.8 cm³/mol. The minimum Gasteiger partial charge on any atom is -0.496 e. The number of piperidine rings is 1. The van der Waals surface area contributed by atoms with Gasteiger partial charge in [0.2, 0.25) is 11.8 Å². The van der Waals surface area contributed by atoms with Crippen LogP contribution in [0.5, 0.6) is 5.75 Å². The molecule has 1 N–H and O–H groups in total. The van der Waals surface area contributed by atoms with E-state index in [9.17, 15) is 9.59 Å². The summed E-state index contributed by atoms with van der Waals surface area (Å²) in [5.74, 6) is 1.55. The second-order valence-corrected chi connectivity index (χ2v) is 7.05. The van der Waals surface area contributed by atoms with Gasteiger partial charge in [-0.25, -0.2) is 0 Å². The third-order valence-electron chi connectivity index (χ3n) is 4.94. The molecular weight excluding hydrogens is 316 g/mol. The van der Waals surface area contributed by atoms with Crippen LogP contribution in [0.25, 0.3) is 0 Å². The largest absolute Gasteiger partial charge is 0.496 e. The first-order valence-electron chi connectivity index (χ1n) is 9.12. The summed E-state index contributed by atoms with van der Waals surface area (Å²) in [7, 11) is 1.69. The van der Waals surface area contributed by atoms with Gasteiger partial charge in [0.1, 0.15) is 5.75 Å². The smallest absolute Gasteiger partial charge is 0.223 e. The Labute approximate surface area is 150 Å². The van der Waals surface area contributed by atoms with Crippen LogP contribution in [0.4, 0.5) is 0 Å². The minimum atomic E-state index is 0.0256. The van der Waals surface area contributed by atoms with Gasteiger partial charge in [-0.05, 0) is 42.4 Å². The highest BCUT2D eigenvalue weighted by Crippen LogP contribution is 2.27. The zero-order chi connectivity index (χ0) is 18.4. The Hall–Kier alpha value is -2.04. The van der Waals surface area contributed by atoms with Crippen molar-refractivity contribution in [3.8, 4) is 5.75 Å². The van der Waals surface area contributed by atoms with E-state index in [1.807, 2.05) is 11.0 Å². The monoisotopic (exact) mass is 346 g/mol. The molecule has 0 radical (unpaired) electrons. The summed E-state index contributed by atoms with van der Waals surface area (Å²) in [4.78, 5) is 25.5. The molecule has 1 aliphatic heterocycles. The lowest BCUT2D eigenvalue weighted by Gasteiger charge is -2.30. The van der Waals surface area contributed by atoms with Gasteiger partial charge in [-0.15, -0.1) is 0 Å². The van der Waals surface area contributed by atoms with Crippen molar-refractivity contribution in [1.82, 2.24) is 10.2 Å². The van der Waals surface area contributed by atoms with E-state index in [4.69, 9.17) is 4.74 Å². The molecule has 0 atom stereocenters. The lowest BCUT2D eigenvalue weighted by atomic mass is 9.95. The summed E-state index contributed by atoms with van der Waals surface area (Å²) in [6.45, 7) is 7.89. The molecule has 0 aliphatic carbocycles. The molecule has 1 aromatic carbocycles. The van der Waals surface area contributed by atoms with Crippen LogP contribution in [0.15, 0.2) is 18.2 Å². The molecule has 0 saturated carbocycles. The van der Waals surface area contributed by atoms with Gasteiger partial charge in [0, 0.05) is 32.5 Å². The zero-order valence-corrected chi connectivity index (χ0v) is 15.8. The summed E-state index contributed by atoms with van der Waals surface area (Å²) in [5.41, 5.74) is 2.40. The summed E-state index contributed by atoms with van der Waals surface area (Å²) >= 11 is 0. The number of methoxy groups -OCH3 is 1. The van der Waals surface area contributed by atoms with Crippen LogP contribution in [0.1, 0.15) is 50.7 Å². The van der Waals surface area contributed by atoms with Crippen LogP contribution in [0, 0.1) is 5.92 Å². The van der Waals surface area contributed by atoms with Crippen molar-refractivity contribution in [2.24, 2.45) is 5.92 Å². The maximum Gasteiger partial charge on any atom is 0.223 e. The molecule has 0 aromatic heterocycles. The maximum atomic E-state index is 12.3. The number of carbonyl (C=O) groups excluding carboxylic acids is 2. The van der Waals surface area contributed by atoms with E-state index in [0.717, 1.165) is 25.0 Å². The fourth-order valence-electron chi connectivity index (χ4n) is 3.32.